The molecular weight excluding hydrogens is 260 g/mol. The van der Waals surface area contributed by atoms with E-state index in [1.165, 1.54) is 57.8 Å². The third-order valence-corrected chi connectivity index (χ3v) is 5.55. The second kappa shape index (κ2) is 6.95. The normalized spacial score (nSPS) is 29.4. The Hall–Kier alpha value is -0.830. The van der Waals surface area contributed by atoms with Gasteiger partial charge in [-0.2, -0.15) is 0 Å². The highest BCUT2D eigenvalue weighted by Crippen LogP contribution is 2.39. The van der Waals surface area contributed by atoms with Gasteiger partial charge in [0.1, 0.15) is 5.76 Å². The third-order valence-electron chi connectivity index (χ3n) is 5.55. The van der Waals surface area contributed by atoms with Gasteiger partial charge in [-0.25, -0.2) is 4.98 Å². The molecule has 21 heavy (non-hydrogen) atoms. The summed E-state index contributed by atoms with van der Waals surface area (Å²) >= 11 is 0. The van der Waals surface area contributed by atoms with Gasteiger partial charge in [0.05, 0.1) is 12.2 Å². The second-order valence-electron chi connectivity index (χ2n) is 7.15. The summed E-state index contributed by atoms with van der Waals surface area (Å²) in [6.45, 7) is 4.16. The van der Waals surface area contributed by atoms with Crippen molar-refractivity contribution in [3.8, 4) is 0 Å². The lowest BCUT2D eigenvalue weighted by Gasteiger charge is -2.40. The molecule has 3 heteroatoms. The molecular formula is C18H30N2O. The van der Waals surface area contributed by atoms with Gasteiger partial charge in [-0.05, 0) is 38.5 Å². The Morgan fingerprint density at radius 1 is 1.10 bits per heavy atom. The number of hydrogen-bond donors (Lipinski definition) is 1. The van der Waals surface area contributed by atoms with E-state index in [-0.39, 0.29) is 6.04 Å². The SMILES string of the molecule is Cc1cnc(C(C)NC2CCCCC2C2CCCCC2)o1. The summed E-state index contributed by atoms with van der Waals surface area (Å²) in [5.74, 6) is 3.58. The average molecular weight is 290 g/mol. The molecule has 2 fully saturated rings. The largest absolute Gasteiger partial charge is 0.444 e. The number of oxazole rings is 1. The van der Waals surface area contributed by atoms with E-state index in [0.29, 0.717) is 6.04 Å². The van der Waals surface area contributed by atoms with Crippen LogP contribution in [0, 0.1) is 18.8 Å². The molecule has 1 aromatic heterocycles. The number of rotatable bonds is 4. The minimum Gasteiger partial charge on any atom is -0.444 e. The number of nitrogens with one attached hydrogen (secondary N) is 1. The van der Waals surface area contributed by atoms with Crippen LogP contribution in [-0.4, -0.2) is 11.0 Å². The Kier molecular flexibility index (Phi) is 4.99. The van der Waals surface area contributed by atoms with E-state index in [2.05, 4.69) is 17.2 Å². The zero-order valence-electron chi connectivity index (χ0n) is 13.6. The van der Waals surface area contributed by atoms with Crippen LogP contribution in [0.3, 0.4) is 0 Å². The van der Waals surface area contributed by atoms with Gasteiger partial charge in [0.25, 0.3) is 0 Å². The van der Waals surface area contributed by atoms with E-state index in [0.717, 1.165) is 23.5 Å². The first-order chi connectivity index (χ1) is 10.2. The molecule has 1 heterocycles. The Balaban J connectivity index is 1.63. The molecule has 3 nitrogen and oxygen atoms in total. The lowest BCUT2D eigenvalue weighted by molar-refractivity contribution is 0.140. The lowest BCUT2D eigenvalue weighted by atomic mass is 9.71. The first-order valence-electron chi connectivity index (χ1n) is 8.92. The fourth-order valence-corrected chi connectivity index (χ4v) is 4.46. The van der Waals surface area contributed by atoms with Crippen molar-refractivity contribution in [1.82, 2.24) is 10.3 Å². The minimum absolute atomic E-state index is 0.230. The molecule has 3 atom stereocenters. The van der Waals surface area contributed by atoms with Gasteiger partial charge >= 0.3 is 0 Å². The van der Waals surface area contributed by atoms with E-state index < -0.39 is 0 Å². The van der Waals surface area contributed by atoms with Gasteiger partial charge in [0.15, 0.2) is 0 Å². The van der Waals surface area contributed by atoms with Gasteiger partial charge in [0.2, 0.25) is 5.89 Å². The van der Waals surface area contributed by atoms with E-state index in [1.54, 1.807) is 0 Å². The Morgan fingerprint density at radius 3 is 2.52 bits per heavy atom. The minimum atomic E-state index is 0.230. The summed E-state index contributed by atoms with van der Waals surface area (Å²) in [6.07, 6.45) is 14.6. The molecule has 0 saturated heterocycles. The monoisotopic (exact) mass is 290 g/mol. The molecule has 0 aliphatic heterocycles. The van der Waals surface area contributed by atoms with Crippen molar-refractivity contribution in [1.29, 1.82) is 0 Å². The smallest absolute Gasteiger partial charge is 0.211 e. The maximum absolute atomic E-state index is 5.69. The number of hydrogen-bond acceptors (Lipinski definition) is 3. The van der Waals surface area contributed by atoms with Gasteiger partial charge < -0.3 is 9.73 Å². The standard InChI is InChI=1S/C18H30N2O/c1-13-12-19-18(21-13)14(2)20-17-11-7-6-10-16(17)15-8-4-3-5-9-15/h12,14-17,20H,3-11H2,1-2H3. The average Bonchev–Trinajstić information content (AvgIpc) is 2.95. The number of aromatic nitrogens is 1. The van der Waals surface area contributed by atoms with Crippen LogP contribution in [0.2, 0.25) is 0 Å². The predicted octanol–water partition coefficient (Wildman–Crippen LogP) is 4.77. The van der Waals surface area contributed by atoms with Gasteiger partial charge in [-0.15, -0.1) is 0 Å². The lowest BCUT2D eigenvalue weighted by Crippen LogP contribution is -2.43. The van der Waals surface area contributed by atoms with Crippen molar-refractivity contribution < 1.29 is 4.42 Å². The highest BCUT2D eigenvalue weighted by molar-refractivity contribution is 4.97. The Bertz CT molecular complexity index is 436. The fraction of sp³-hybridized carbons (Fsp3) is 0.833. The molecule has 1 N–H and O–H groups in total. The summed E-state index contributed by atoms with van der Waals surface area (Å²) in [7, 11) is 0. The summed E-state index contributed by atoms with van der Waals surface area (Å²) < 4.78 is 5.69. The van der Waals surface area contributed by atoms with Crippen LogP contribution in [-0.2, 0) is 0 Å². The molecule has 0 bridgehead atoms. The van der Waals surface area contributed by atoms with E-state index in [1.807, 2.05) is 13.1 Å². The topological polar surface area (TPSA) is 38.1 Å². The van der Waals surface area contributed by atoms with E-state index in [9.17, 15) is 0 Å². The zero-order valence-corrected chi connectivity index (χ0v) is 13.6. The van der Waals surface area contributed by atoms with Crippen molar-refractivity contribution in [2.24, 2.45) is 11.8 Å². The van der Waals surface area contributed by atoms with Crippen LogP contribution in [0.1, 0.15) is 82.4 Å². The van der Waals surface area contributed by atoms with Crippen LogP contribution in [0.25, 0.3) is 0 Å². The van der Waals surface area contributed by atoms with E-state index >= 15 is 0 Å². The molecule has 0 amide bonds. The fourth-order valence-electron chi connectivity index (χ4n) is 4.46. The second-order valence-corrected chi connectivity index (χ2v) is 7.15. The zero-order chi connectivity index (χ0) is 14.7. The van der Waals surface area contributed by atoms with Crippen LogP contribution < -0.4 is 5.32 Å². The summed E-state index contributed by atoms with van der Waals surface area (Å²) in [6, 6.07) is 0.886. The molecule has 2 aliphatic carbocycles. The molecule has 0 spiro atoms. The van der Waals surface area contributed by atoms with Gasteiger partial charge in [-0.3, -0.25) is 0 Å². The summed E-state index contributed by atoms with van der Waals surface area (Å²) in [4.78, 5) is 4.39. The van der Waals surface area contributed by atoms with Gasteiger partial charge in [0, 0.05) is 6.04 Å². The quantitative estimate of drug-likeness (QED) is 0.867. The van der Waals surface area contributed by atoms with Crippen LogP contribution >= 0.6 is 0 Å². The first-order valence-corrected chi connectivity index (χ1v) is 8.92. The molecule has 3 unspecified atom stereocenters. The van der Waals surface area contributed by atoms with Crippen LogP contribution in [0.4, 0.5) is 0 Å². The van der Waals surface area contributed by atoms with Crippen LogP contribution in [0.15, 0.2) is 10.6 Å². The van der Waals surface area contributed by atoms with Crippen LogP contribution in [0.5, 0.6) is 0 Å². The molecule has 3 rings (SSSR count). The molecule has 0 aromatic carbocycles. The summed E-state index contributed by atoms with van der Waals surface area (Å²) in [5.41, 5.74) is 0. The number of aryl methyl sites for hydroxylation is 1. The predicted molar refractivity (Wildman–Crippen MR) is 85.1 cm³/mol. The van der Waals surface area contributed by atoms with Crippen molar-refractivity contribution in [3.63, 3.8) is 0 Å². The Morgan fingerprint density at radius 2 is 1.81 bits per heavy atom. The first kappa shape index (κ1) is 15.1. The maximum atomic E-state index is 5.69. The molecule has 0 radical (unpaired) electrons. The molecule has 1 aromatic rings. The van der Waals surface area contributed by atoms with E-state index in [4.69, 9.17) is 4.42 Å². The third kappa shape index (κ3) is 3.68. The maximum Gasteiger partial charge on any atom is 0.211 e. The van der Waals surface area contributed by atoms with Crippen molar-refractivity contribution in [2.45, 2.75) is 83.7 Å². The van der Waals surface area contributed by atoms with Gasteiger partial charge in [-0.1, -0.05) is 44.9 Å². The highest BCUT2D eigenvalue weighted by Gasteiger charge is 2.33. The summed E-state index contributed by atoms with van der Waals surface area (Å²) in [5, 5.41) is 3.84. The van der Waals surface area contributed by atoms with Crippen molar-refractivity contribution in [3.05, 3.63) is 17.8 Å². The molecule has 2 aliphatic rings. The molecule has 2 saturated carbocycles. The molecule has 118 valence electrons. The highest BCUT2D eigenvalue weighted by atomic mass is 16.4. The number of nitrogens with zero attached hydrogens (tertiary/aromatic N) is 1. The van der Waals surface area contributed by atoms with Crippen molar-refractivity contribution >= 4 is 0 Å². The van der Waals surface area contributed by atoms with Crippen molar-refractivity contribution in [2.75, 3.05) is 0 Å². The Labute approximate surface area is 128 Å².